The Kier molecular flexibility index (Phi) is 4.36. The minimum atomic E-state index is -0.966. The van der Waals surface area contributed by atoms with Crippen LogP contribution in [0.15, 0.2) is 18.5 Å². The van der Waals surface area contributed by atoms with Crippen LogP contribution in [0.3, 0.4) is 0 Å². The Labute approximate surface area is 144 Å². The van der Waals surface area contributed by atoms with E-state index in [1.807, 2.05) is 0 Å². The molecule has 2 aromatic rings. The summed E-state index contributed by atoms with van der Waals surface area (Å²) in [5.74, 6) is -1.00. The van der Waals surface area contributed by atoms with Crippen LogP contribution in [-0.2, 0) is 7.05 Å². The maximum absolute atomic E-state index is 12.6. The van der Waals surface area contributed by atoms with Gasteiger partial charge >= 0.3 is 5.97 Å². The van der Waals surface area contributed by atoms with Gasteiger partial charge in [0.1, 0.15) is 11.3 Å². The first-order chi connectivity index (χ1) is 11.4. The number of rotatable bonds is 3. The highest BCUT2D eigenvalue weighted by atomic mass is 35.5. The van der Waals surface area contributed by atoms with Gasteiger partial charge in [-0.05, 0) is 25.8 Å². The highest BCUT2D eigenvalue weighted by molar-refractivity contribution is 6.31. The topological polar surface area (TPSA) is 80.4 Å². The molecule has 0 aromatic carbocycles. The van der Waals surface area contributed by atoms with Crippen LogP contribution < -0.4 is 0 Å². The number of aromatic carboxylic acids is 1. The van der Waals surface area contributed by atoms with Gasteiger partial charge in [-0.25, -0.2) is 4.79 Å². The molecule has 1 aliphatic rings. The maximum Gasteiger partial charge on any atom is 0.339 e. The second-order valence-corrected chi connectivity index (χ2v) is 6.51. The molecule has 1 saturated heterocycles. The van der Waals surface area contributed by atoms with E-state index in [-0.39, 0.29) is 17.5 Å². The summed E-state index contributed by atoms with van der Waals surface area (Å²) in [4.78, 5) is 25.5. The number of carbonyl (C=O) groups is 2. The van der Waals surface area contributed by atoms with Gasteiger partial charge in [-0.1, -0.05) is 11.6 Å². The normalized spacial score (nSPS) is 15.7. The molecule has 24 heavy (non-hydrogen) atoms. The Morgan fingerprint density at radius 1 is 1.33 bits per heavy atom. The highest BCUT2D eigenvalue weighted by Crippen LogP contribution is 2.26. The first kappa shape index (κ1) is 16.6. The van der Waals surface area contributed by atoms with E-state index < -0.39 is 5.97 Å². The summed E-state index contributed by atoms with van der Waals surface area (Å²) in [5, 5.41) is 13.9. The van der Waals surface area contributed by atoms with E-state index in [0.717, 1.165) is 12.8 Å². The van der Waals surface area contributed by atoms with E-state index in [9.17, 15) is 9.59 Å². The van der Waals surface area contributed by atoms with Crippen molar-refractivity contribution in [3.8, 4) is 0 Å². The first-order valence-corrected chi connectivity index (χ1v) is 8.15. The zero-order valence-corrected chi connectivity index (χ0v) is 14.3. The summed E-state index contributed by atoms with van der Waals surface area (Å²) in [5.41, 5.74) is 1.45. The Hall–Kier alpha value is -2.28. The van der Waals surface area contributed by atoms with E-state index in [2.05, 4.69) is 5.10 Å². The number of carbonyl (C=O) groups excluding carboxylic acids is 1. The molecule has 8 heteroatoms. The summed E-state index contributed by atoms with van der Waals surface area (Å²) >= 11 is 5.95. The molecule has 3 rings (SSSR count). The molecule has 2 aromatic heterocycles. The Balaban J connectivity index is 1.69. The molecule has 0 unspecified atom stereocenters. The van der Waals surface area contributed by atoms with E-state index in [0.29, 0.717) is 29.5 Å². The monoisotopic (exact) mass is 350 g/mol. The predicted molar refractivity (Wildman–Crippen MR) is 88.5 cm³/mol. The molecule has 0 saturated carbocycles. The molecule has 7 nitrogen and oxygen atoms in total. The summed E-state index contributed by atoms with van der Waals surface area (Å²) in [6.45, 7) is 2.97. The fraction of sp³-hybridized carbons (Fsp3) is 0.438. The molecule has 128 valence electrons. The van der Waals surface area contributed by atoms with Gasteiger partial charge in [-0.2, -0.15) is 5.10 Å². The van der Waals surface area contributed by atoms with Crippen molar-refractivity contribution >= 4 is 23.5 Å². The second kappa shape index (κ2) is 6.32. The molecule has 1 amide bonds. The third-order valence-corrected chi connectivity index (χ3v) is 4.77. The van der Waals surface area contributed by atoms with Gasteiger partial charge in [0.25, 0.3) is 5.91 Å². The average Bonchev–Trinajstić information content (AvgIpc) is 3.09. The molecule has 0 spiro atoms. The van der Waals surface area contributed by atoms with Gasteiger partial charge < -0.3 is 14.6 Å². The Morgan fingerprint density at radius 2 is 2.00 bits per heavy atom. The van der Waals surface area contributed by atoms with Crippen molar-refractivity contribution in [3.63, 3.8) is 0 Å². The largest absolute Gasteiger partial charge is 0.478 e. The van der Waals surface area contributed by atoms with Gasteiger partial charge in [-0.15, -0.1) is 0 Å². The zero-order chi connectivity index (χ0) is 17.4. The average molecular weight is 351 g/mol. The summed E-state index contributed by atoms with van der Waals surface area (Å²) in [6.07, 6.45) is 4.58. The summed E-state index contributed by atoms with van der Waals surface area (Å²) in [7, 11) is 1.80. The number of aryl methyl sites for hydroxylation is 1. The lowest BCUT2D eigenvalue weighted by atomic mass is 10.0. The van der Waals surface area contributed by atoms with Crippen molar-refractivity contribution in [2.45, 2.75) is 25.8 Å². The van der Waals surface area contributed by atoms with Crippen molar-refractivity contribution in [1.82, 2.24) is 19.2 Å². The number of piperidine rings is 1. The molecule has 0 aliphatic carbocycles. The number of likely N-dealkylation sites (tertiary alicyclic amines) is 1. The van der Waals surface area contributed by atoms with Gasteiger partial charge in [0.2, 0.25) is 0 Å². The van der Waals surface area contributed by atoms with E-state index in [1.54, 1.807) is 40.4 Å². The van der Waals surface area contributed by atoms with Gasteiger partial charge in [-0.3, -0.25) is 9.48 Å². The lowest BCUT2D eigenvalue weighted by molar-refractivity contribution is 0.0679. The molecular formula is C16H19ClN4O3. The van der Waals surface area contributed by atoms with Crippen LogP contribution in [0.5, 0.6) is 0 Å². The van der Waals surface area contributed by atoms with Crippen molar-refractivity contribution in [2.24, 2.45) is 7.05 Å². The van der Waals surface area contributed by atoms with Crippen LogP contribution in [0.2, 0.25) is 5.02 Å². The lowest BCUT2D eigenvalue weighted by Crippen LogP contribution is -2.40. The van der Waals surface area contributed by atoms with Crippen molar-refractivity contribution in [3.05, 3.63) is 40.4 Å². The minimum Gasteiger partial charge on any atom is -0.478 e. The van der Waals surface area contributed by atoms with Crippen LogP contribution >= 0.6 is 11.6 Å². The lowest BCUT2D eigenvalue weighted by Gasteiger charge is -2.32. The zero-order valence-electron chi connectivity index (χ0n) is 13.6. The number of hydrogen-bond donors (Lipinski definition) is 1. The van der Waals surface area contributed by atoms with Crippen molar-refractivity contribution < 1.29 is 14.7 Å². The van der Waals surface area contributed by atoms with Gasteiger partial charge in [0, 0.05) is 26.3 Å². The van der Waals surface area contributed by atoms with Crippen molar-refractivity contribution in [1.29, 1.82) is 0 Å². The van der Waals surface area contributed by atoms with Crippen molar-refractivity contribution in [2.75, 3.05) is 13.1 Å². The number of aromatic nitrogens is 3. The number of amides is 1. The molecule has 0 atom stereocenters. The third-order valence-electron chi connectivity index (χ3n) is 4.56. The summed E-state index contributed by atoms with van der Waals surface area (Å²) in [6, 6.07) is 1.78. The number of halogens is 1. The molecule has 1 aliphatic heterocycles. The Bertz CT molecular complexity index is 787. The minimum absolute atomic E-state index is 0.0359. The van der Waals surface area contributed by atoms with E-state index >= 15 is 0 Å². The van der Waals surface area contributed by atoms with Crippen LogP contribution in [0.25, 0.3) is 0 Å². The Morgan fingerprint density at radius 3 is 2.50 bits per heavy atom. The van der Waals surface area contributed by atoms with Gasteiger partial charge in [0.15, 0.2) is 0 Å². The molecule has 1 fully saturated rings. The molecule has 0 bridgehead atoms. The quantitative estimate of drug-likeness (QED) is 0.921. The molecule has 0 radical (unpaired) electrons. The molecule has 3 heterocycles. The molecular weight excluding hydrogens is 332 g/mol. The van der Waals surface area contributed by atoms with Crippen LogP contribution in [0.1, 0.15) is 45.4 Å². The molecule has 1 N–H and O–H groups in total. The van der Waals surface area contributed by atoms with Crippen LogP contribution in [0.4, 0.5) is 0 Å². The number of nitrogens with zero attached hydrogens (tertiary/aromatic N) is 4. The van der Waals surface area contributed by atoms with E-state index in [1.165, 1.54) is 6.20 Å². The number of carboxylic acids is 1. The highest BCUT2D eigenvalue weighted by Gasteiger charge is 2.28. The maximum atomic E-state index is 12.6. The second-order valence-electron chi connectivity index (χ2n) is 6.07. The van der Waals surface area contributed by atoms with E-state index in [4.69, 9.17) is 16.7 Å². The fourth-order valence-electron chi connectivity index (χ4n) is 3.21. The summed E-state index contributed by atoms with van der Waals surface area (Å²) < 4.78 is 3.50. The standard InChI is InChI=1S/C16H19ClN4O3/c1-10-13(16(23)24)8-18-21(10)12-3-5-20(6-4-12)15(22)14-7-11(17)9-19(14)2/h7-9,12H,3-6H2,1-2H3,(H,23,24). The SMILES string of the molecule is Cc1c(C(=O)O)cnn1C1CCN(C(=O)c2cc(Cl)cn2C)CC1. The number of hydrogen-bond acceptors (Lipinski definition) is 3. The predicted octanol–water partition coefficient (Wildman–Crippen LogP) is 2.36. The van der Waals surface area contributed by atoms with Crippen LogP contribution in [-0.4, -0.2) is 49.3 Å². The van der Waals surface area contributed by atoms with Crippen LogP contribution in [0, 0.1) is 6.92 Å². The smallest absolute Gasteiger partial charge is 0.339 e. The van der Waals surface area contributed by atoms with Gasteiger partial charge in [0.05, 0.1) is 23.0 Å². The number of carboxylic acid groups (broad SMARTS) is 1. The first-order valence-electron chi connectivity index (χ1n) is 7.77. The fourth-order valence-corrected chi connectivity index (χ4v) is 3.46. The third kappa shape index (κ3) is 2.91.